The topological polar surface area (TPSA) is 119 Å². The summed E-state index contributed by atoms with van der Waals surface area (Å²) < 4.78 is 5.71. The third-order valence-corrected chi connectivity index (χ3v) is 4.66. The first kappa shape index (κ1) is 21.3. The highest BCUT2D eigenvalue weighted by molar-refractivity contribution is 7.20. The Hall–Kier alpha value is -3.01. The van der Waals surface area contributed by atoms with Crippen LogP contribution in [0, 0.1) is 10.1 Å². The number of ether oxygens (including phenoxy) is 1. The summed E-state index contributed by atoms with van der Waals surface area (Å²) in [4.78, 5) is 47.8. The lowest BCUT2D eigenvalue weighted by Gasteiger charge is -2.23. The van der Waals surface area contributed by atoms with E-state index in [1.165, 1.54) is 30.1 Å². The van der Waals surface area contributed by atoms with Crippen molar-refractivity contribution in [2.24, 2.45) is 0 Å². The molecule has 2 rings (SSSR count). The van der Waals surface area contributed by atoms with Crippen LogP contribution in [0.15, 0.2) is 24.3 Å². The molecule has 0 bridgehead atoms. The van der Waals surface area contributed by atoms with Crippen molar-refractivity contribution in [2.75, 3.05) is 20.2 Å². The molecule has 1 heterocycles. The van der Waals surface area contributed by atoms with Crippen molar-refractivity contribution in [3.63, 3.8) is 0 Å². The van der Waals surface area contributed by atoms with E-state index >= 15 is 0 Å². The van der Waals surface area contributed by atoms with Crippen molar-refractivity contribution in [1.82, 2.24) is 10.2 Å². The summed E-state index contributed by atoms with van der Waals surface area (Å²) in [5.41, 5.74) is -0.487. The van der Waals surface area contributed by atoms with Gasteiger partial charge in [0.05, 0.1) is 11.5 Å². The molecule has 28 heavy (non-hydrogen) atoms. The Morgan fingerprint density at radius 1 is 1.25 bits per heavy atom. The van der Waals surface area contributed by atoms with Gasteiger partial charge in [0.1, 0.15) is 4.88 Å². The first-order valence-electron chi connectivity index (χ1n) is 8.36. The lowest BCUT2D eigenvalue weighted by Crippen LogP contribution is -2.46. The first-order chi connectivity index (χ1) is 13.0. The molecule has 0 spiro atoms. The van der Waals surface area contributed by atoms with Crippen LogP contribution >= 0.6 is 11.3 Å². The van der Waals surface area contributed by atoms with Crippen LogP contribution in [0.25, 0.3) is 10.1 Å². The summed E-state index contributed by atoms with van der Waals surface area (Å²) in [5.74, 6) is -1.54. The second kappa shape index (κ2) is 8.34. The van der Waals surface area contributed by atoms with Crippen molar-refractivity contribution in [3.8, 4) is 0 Å². The van der Waals surface area contributed by atoms with Crippen LogP contribution in [0.3, 0.4) is 0 Å². The van der Waals surface area contributed by atoms with Gasteiger partial charge in [-0.25, -0.2) is 4.79 Å². The quantitative estimate of drug-likeness (QED) is 0.446. The molecule has 2 aromatic rings. The molecule has 0 aliphatic rings. The third-order valence-electron chi connectivity index (χ3n) is 3.56. The summed E-state index contributed by atoms with van der Waals surface area (Å²) >= 11 is 1.12. The van der Waals surface area contributed by atoms with E-state index in [9.17, 15) is 24.5 Å². The summed E-state index contributed by atoms with van der Waals surface area (Å²) in [6, 6.07) is 5.77. The van der Waals surface area contributed by atoms with Crippen LogP contribution in [0.5, 0.6) is 0 Å². The van der Waals surface area contributed by atoms with Gasteiger partial charge in [-0.05, 0) is 32.9 Å². The number of benzene rings is 1. The van der Waals surface area contributed by atoms with Gasteiger partial charge in [0.2, 0.25) is 5.91 Å². The molecule has 0 radical (unpaired) electrons. The fraction of sp³-hybridized carbons (Fsp3) is 0.389. The number of fused-ring (bicyclic) bond motifs is 1. The predicted octanol–water partition coefficient (Wildman–Crippen LogP) is 2.34. The van der Waals surface area contributed by atoms with Crippen LogP contribution in [0.4, 0.5) is 5.69 Å². The minimum absolute atomic E-state index is 0.0736. The molecule has 0 aliphatic heterocycles. The number of likely N-dealkylation sites (N-methyl/N-ethyl adjacent to an activating group) is 1. The SMILES string of the molecule is CN(CC(=O)NC(C)(C)C)C(=O)COC(=O)c1cc2cc([N+](=O)[O-])ccc2s1. The highest BCUT2D eigenvalue weighted by Gasteiger charge is 2.20. The Labute approximate surface area is 165 Å². The number of nitro groups is 1. The number of nitrogens with zero attached hydrogens (tertiary/aromatic N) is 2. The number of nitro benzene ring substituents is 1. The minimum Gasteiger partial charge on any atom is -0.451 e. The number of non-ortho nitro benzene ring substituents is 1. The molecule has 1 N–H and O–H groups in total. The monoisotopic (exact) mass is 407 g/mol. The summed E-state index contributed by atoms with van der Waals surface area (Å²) in [5, 5.41) is 14.1. The van der Waals surface area contributed by atoms with Gasteiger partial charge in [0, 0.05) is 34.8 Å². The number of rotatable bonds is 6. The second-order valence-electron chi connectivity index (χ2n) is 7.21. The fourth-order valence-corrected chi connectivity index (χ4v) is 3.25. The maximum Gasteiger partial charge on any atom is 0.348 e. The van der Waals surface area contributed by atoms with E-state index < -0.39 is 28.9 Å². The first-order valence-corrected chi connectivity index (χ1v) is 9.18. The maximum absolute atomic E-state index is 12.2. The molecule has 0 saturated carbocycles. The number of hydrogen-bond donors (Lipinski definition) is 1. The van der Waals surface area contributed by atoms with E-state index in [2.05, 4.69) is 5.32 Å². The van der Waals surface area contributed by atoms with Crippen LogP contribution in [0.1, 0.15) is 30.4 Å². The maximum atomic E-state index is 12.2. The van der Waals surface area contributed by atoms with Gasteiger partial charge in [-0.15, -0.1) is 11.3 Å². The van der Waals surface area contributed by atoms with E-state index in [1.807, 2.05) is 20.8 Å². The molecule has 2 amide bonds. The zero-order valence-electron chi connectivity index (χ0n) is 16.0. The van der Waals surface area contributed by atoms with Crippen LogP contribution in [0.2, 0.25) is 0 Å². The largest absolute Gasteiger partial charge is 0.451 e. The molecule has 1 aromatic heterocycles. The zero-order valence-corrected chi connectivity index (χ0v) is 16.8. The van der Waals surface area contributed by atoms with E-state index in [1.54, 1.807) is 6.07 Å². The third kappa shape index (κ3) is 5.74. The molecule has 0 atom stereocenters. The van der Waals surface area contributed by atoms with Gasteiger partial charge >= 0.3 is 5.97 Å². The van der Waals surface area contributed by atoms with Crippen molar-refractivity contribution < 1.29 is 24.0 Å². The summed E-state index contributed by atoms with van der Waals surface area (Å²) in [6.07, 6.45) is 0. The number of esters is 1. The van der Waals surface area contributed by atoms with E-state index in [4.69, 9.17) is 4.74 Å². The molecule has 10 heteroatoms. The van der Waals surface area contributed by atoms with E-state index in [0.717, 1.165) is 11.3 Å². The molecule has 150 valence electrons. The van der Waals surface area contributed by atoms with Gasteiger partial charge in [0.15, 0.2) is 6.61 Å². The van der Waals surface area contributed by atoms with E-state index in [0.29, 0.717) is 10.1 Å². The average Bonchev–Trinajstić information content (AvgIpc) is 3.00. The lowest BCUT2D eigenvalue weighted by atomic mass is 10.1. The van der Waals surface area contributed by atoms with Gasteiger partial charge in [-0.1, -0.05) is 0 Å². The van der Waals surface area contributed by atoms with Crippen molar-refractivity contribution in [1.29, 1.82) is 0 Å². The molecule has 0 unspecified atom stereocenters. The molecule has 9 nitrogen and oxygen atoms in total. The normalized spacial score (nSPS) is 11.1. The van der Waals surface area contributed by atoms with Crippen molar-refractivity contribution in [3.05, 3.63) is 39.3 Å². The Kier molecular flexibility index (Phi) is 6.34. The van der Waals surface area contributed by atoms with E-state index in [-0.39, 0.29) is 23.0 Å². The average molecular weight is 407 g/mol. The van der Waals surface area contributed by atoms with Gasteiger partial charge in [-0.3, -0.25) is 19.7 Å². The van der Waals surface area contributed by atoms with Crippen LogP contribution in [-0.4, -0.2) is 53.3 Å². The molecule has 1 aromatic carbocycles. The Bertz CT molecular complexity index is 931. The zero-order chi connectivity index (χ0) is 21.1. The highest BCUT2D eigenvalue weighted by atomic mass is 32.1. The second-order valence-corrected chi connectivity index (χ2v) is 8.30. The highest BCUT2D eigenvalue weighted by Crippen LogP contribution is 2.29. The number of carbonyl (C=O) groups is 3. The molecule has 0 aliphatic carbocycles. The summed E-state index contributed by atoms with van der Waals surface area (Å²) in [6.45, 7) is 4.82. The summed E-state index contributed by atoms with van der Waals surface area (Å²) in [7, 11) is 1.44. The Morgan fingerprint density at radius 3 is 2.54 bits per heavy atom. The van der Waals surface area contributed by atoms with Crippen molar-refractivity contribution in [2.45, 2.75) is 26.3 Å². The van der Waals surface area contributed by atoms with Crippen LogP contribution in [-0.2, 0) is 14.3 Å². The van der Waals surface area contributed by atoms with Gasteiger partial charge < -0.3 is 15.0 Å². The number of thiophene rings is 1. The number of hydrogen-bond acceptors (Lipinski definition) is 7. The smallest absolute Gasteiger partial charge is 0.348 e. The standard InChI is InChI=1S/C18H21N3O6S/c1-18(2,3)19-15(22)9-20(4)16(23)10-27-17(24)14-8-11-7-12(21(25)26)5-6-13(11)28-14/h5-8H,9-10H2,1-4H3,(H,19,22). The predicted molar refractivity (Wildman–Crippen MR) is 104 cm³/mol. The Balaban J connectivity index is 1.94. The molecular formula is C18H21N3O6S. The number of carbonyl (C=O) groups excluding carboxylic acids is 3. The minimum atomic E-state index is -0.704. The van der Waals surface area contributed by atoms with Gasteiger partial charge in [-0.2, -0.15) is 0 Å². The number of nitrogens with one attached hydrogen (secondary N) is 1. The van der Waals surface area contributed by atoms with Crippen molar-refractivity contribution >= 4 is 44.9 Å². The number of amides is 2. The Morgan fingerprint density at radius 2 is 1.93 bits per heavy atom. The molecular weight excluding hydrogens is 386 g/mol. The molecule has 0 fully saturated rings. The fourth-order valence-electron chi connectivity index (χ4n) is 2.31. The lowest BCUT2D eigenvalue weighted by molar-refractivity contribution is -0.384. The van der Waals surface area contributed by atoms with Gasteiger partial charge in [0.25, 0.3) is 11.6 Å². The molecule has 0 saturated heterocycles. The van der Waals surface area contributed by atoms with Crippen LogP contribution < -0.4 is 5.32 Å².